The van der Waals surface area contributed by atoms with Gasteiger partial charge in [-0.05, 0) is 24.6 Å². The molecule has 1 aromatic rings. The highest BCUT2D eigenvalue weighted by Crippen LogP contribution is 2.44. The van der Waals surface area contributed by atoms with E-state index in [1.165, 1.54) is 5.56 Å². The number of benzene rings is 1. The van der Waals surface area contributed by atoms with Crippen LogP contribution in [-0.4, -0.2) is 26.7 Å². The maximum atomic E-state index is 9.49. The average molecular weight is 242 g/mol. The molecule has 1 saturated heterocycles. The molecule has 1 fully saturated rings. The molecule has 1 aliphatic rings. The fourth-order valence-corrected chi connectivity index (χ4v) is 3.37. The van der Waals surface area contributed by atoms with E-state index in [2.05, 4.69) is 0 Å². The van der Waals surface area contributed by atoms with E-state index in [0.29, 0.717) is 11.5 Å². The molecular weight excluding hydrogens is 224 g/mol. The Hall–Kier alpha value is -0.710. The fraction of sp³-hybridized carbons (Fsp3) is 0.500. The zero-order chi connectivity index (χ0) is 11.6. The largest absolute Gasteiger partial charge is 0.490 e. The van der Waals surface area contributed by atoms with Gasteiger partial charge in [-0.2, -0.15) is 10.6 Å². The Morgan fingerprint density at radius 3 is 2.56 bits per heavy atom. The summed E-state index contributed by atoms with van der Waals surface area (Å²) in [5, 5.41) is 0. The molecule has 3 nitrogen and oxygen atoms in total. The lowest BCUT2D eigenvalue weighted by Gasteiger charge is -2.39. The van der Waals surface area contributed by atoms with Crippen molar-refractivity contribution in [3.63, 3.8) is 0 Å². The zero-order valence-corrected chi connectivity index (χ0v) is 10.2. The van der Waals surface area contributed by atoms with Crippen LogP contribution in [0.1, 0.15) is 18.4 Å². The van der Waals surface area contributed by atoms with E-state index in [9.17, 15) is 9.11 Å². The lowest BCUT2D eigenvalue weighted by atomic mass is 10.2. The molecule has 2 rings (SSSR count). The quantitative estimate of drug-likeness (QED) is 0.836. The van der Waals surface area contributed by atoms with E-state index in [1.807, 2.05) is 31.2 Å². The summed E-state index contributed by atoms with van der Waals surface area (Å²) in [7, 11) is -2.30. The van der Waals surface area contributed by atoms with Crippen molar-refractivity contribution in [1.82, 2.24) is 0 Å². The van der Waals surface area contributed by atoms with Crippen molar-refractivity contribution in [2.45, 2.75) is 25.9 Å². The van der Waals surface area contributed by atoms with Gasteiger partial charge in [-0.3, -0.25) is 9.11 Å². The molecule has 0 saturated carbocycles. The topological polar surface area (TPSA) is 49.7 Å². The van der Waals surface area contributed by atoms with E-state index in [1.54, 1.807) is 0 Å². The maximum absolute atomic E-state index is 9.49. The summed E-state index contributed by atoms with van der Waals surface area (Å²) in [6, 6.07) is 7.96. The minimum absolute atomic E-state index is 0.127. The summed E-state index contributed by atoms with van der Waals surface area (Å²) in [4.78, 5) is 0. The standard InChI is InChI=1S/C12H18O3S/c1-10-3-2-4-12(9-10)15-11-5-7-16(13,14)8-6-11/h2-4,9,11,13-14H,5-8H2,1H3. The van der Waals surface area contributed by atoms with Gasteiger partial charge in [0.25, 0.3) is 0 Å². The predicted molar refractivity (Wildman–Crippen MR) is 67.4 cm³/mol. The first-order valence-corrected chi connectivity index (χ1v) is 7.41. The van der Waals surface area contributed by atoms with Gasteiger partial charge in [0.05, 0.1) is 0 Å². The molecule has 1 aliphatic heterocycles. The zero-order valence-electron chi connectivity index (χ0n) is 9.43. The first-order valence-electron chi connectivity index (χ1n) is 5.52. The summed E-state index contributed by atoms with van der Waals surface area (Å²) in [6.07, 6.45) is 1.59. The summed E-state index contributed by atoms with van der Waals surface area (Å²) in [5.74, 6) is 1.83. The van der Waals surface area contributed by atoms with E-state index in [4.69, 9.17) is 4.74 Å². The van der Waals surface area contributed by atoms with Crippen LogP contribution in [0.15, 0.2) is 24.3 Å². The average Bonchev–Trinajstić information content (AvgIpc) is 2.21. The molecule has 16 heavy (non-hydrogen) atoms. The lowest BCUT2D eigenvalue weighted by molar-refractivity contribution is 0.186. The second kappa shape index (κ2) is 4.65. The van der Waals surface area contributed by atoms with Crippen molar-refractivity contribution in [3.8, 4) is 5.75 Å². The van der Waals surface area contributed by atoms with Gasteiger partial charge in [0, 0.05) is 24.3 Å². The van der Waals surface area contributed by atoms with Crippen LogP contribution in [0, 0.1) is 6.92 Å². The smallest absolute Gasteiger partial charge is 0.119 e. The molecule has 0 atom stereocenters. The Balaban J connectivity index is 1.92. The van der Waals surface area contributed by atoms with Crippen molar-refractivity contribution >= 4 is 10.6 Å². The number of ether oxygens (including phenoxy) is 1. The Morgan fingerprint density at radius 2 is 1.94 bits per heavy atom. The highest BCUT2D eigenvalue weighted by Gasteiger charge is 2.25. The Labute approximate surface area is 97.8 Å². The van der Waals surface area contributed by atoms with Gasteiger partial charge in [0.15, 0.2) is 0 Å². The van der Waals surface area contributed by atoms with Crippen molar-refractivity contribution in [2.24, 2.45) is 0 Å². The molecule has 0 spiro atoms. The summed E-state index contributed by atoms with van der Waals surface area (Å²) >= 11 is 0. The third kappa shape index (κ3) is 3.14. The SMILES string of the molecule is Cc1cccc(OC2CCS(O)(O)CC2)c1. The number of aryl methyl sites for hydroxylation is 1. The molecule has 1 aromatic carbocycles. The summed E-state index contributed by atoms with van der Waals surface area (Å²) in [6.45, 7) is 2.03. The molecular formula is C12H18O3S. The van der Waals surface area contributed by atoms with Crippen LogP contribution in [0.4, 0.5) is 0 Å². The van der Waals surface area contributed by atoms with Gasteiger partial charge in [-0.1, -0.05) is 12.1 Å². The van der Waals surface area contributed by atoms with Crippen LogP contribution in [0.5, 0.6) is 5.75 Å². The van der Waals surface area contributed by atoms with Gasteiger partial charge in [0.2, 0.25) is 0 Å². The minimum Gasteiger partial charge on any atom is -0.490 e. The van der Waals surface area contributed by atoms with Gasteiger partial charge < -0.3 is 4.74 Å². The van der Waals surface area contributed by atoms with E-state index >= 15 is 0 Å². The van der Waals surface area contributed by atoms with Crippen LogP contribution in [0.2, 0.25) is 0 Å². The van der Waals surface area contributed by atoms with Crippen LogP contribution in [0.3, 0.4) is 0 Å². The Morgan fingerprint density at radius 1 is 1.25 bits per heavy atom. The molecule has 0 unspecified atom stereocenters. The molecule has 0 radical (unpaired) electrons. The van der Waals surface area contributed by atoms with Gasteiger partial charge in [-0.15, -0.1) is 0 Å². The van der Waals surface area contributed by atoms with Crippen molar-refractivity contribution < 1.29 is 13.8 Å². The van der Waals surface area contributed by atoms with Gasteiger partial charge in [0.1, 0.15) is 11.9 Å². The molecule has 0 aliphatic carbocycles. The number of hydrogen-bond acceptors (Lipinski definition) is 3. The van der Waals surface area contributed by atoms with E-state index in [-0.39, 0.29) is 6.10 Å². The van der Waals surface area contributed by atoms with E-state index in [0.717, 1.165) is 18.6 Å². The van der Waals surface area contributed by atoms with Crippen molar-refractivity contribution in [1.29, 1.82) is 0 Å². The van der Waals surface area contributed by atoms with Crippen molar-refractivity contribution in [3.05, 3.63) is 29.8 Å². The van der Waals surface area contributed by atoms with Gasteiger partial charge in [-0.25, -0.2) is 0 Å². The van der Waals surface area contributed by atoms with Crippen LogP contribution in [-0.2, 0) is 0 Å². The molecule has 90 valence electrons. The highest BCUT2D eigenvalue weighted by atomic mass is 32.3. The second-order valence-electron chi connectivity index (χ2n) is 4.34. The summed E-state index contributed by atoms with van der Waals surface area (Å²) < 4.78 is 24.8. The van der Waals surface area contributed by atoms with Crippen molar-refractivity contribution in [2.75, 3.05) is 11.5 Å². The first kappa shape index (κ1) is 11.8. The van der Waals surface area contributed by atoms with Gasteiger partial charge >= 0.3 is 0 Å². The number of rotatable bonds is 2. The molecule has 4 heteroatoms. The Bertz CT molecular complexity index is 355. The molecule has 0 bridgehead atoms. The maximum Gasteiger partial charge on any atom is 0.119 e. The van der Waals surface area contributed by atoms with Crippen LogP contribution >= 0.6 is 10.6 Å². The molecule has 0 amide bonds. The third-order valence-electron chi connectivity index (χ3n) is 2.83. The number of hydrogen-bond donors (Lipinski definition) is 2. The monoisotopic (exact) mass is 242 g/mol. The third-order valence-corrected chi connectivity index (χ3v) is 4.60. The highest BCUT2D eigenvalue weighted by molar-refractivity contribution is 8.24. The molecule has 0 aromatic heterocycles. The molecule has 1 heterocycles. The predicted octanol–water partition coefficient (Wildman–Crippen LogP) is 3.29. The minimum atomic E-state index is -2.30. The Kier molecular flexibility index (Phi) is 3.42. The van der Waals surface area contributed by atoms with E-state index < -0.39 is 10.6 Å². The van der Waals surface area contributed by atoms with Crippen LogP contribution < -0.4 is 4.74 Å². The second-order valence-corrected chi connectivity index (χ2v) is 6.76. The lowest BCUT2D eigenvalue weighted by Crippen LogP contribution is -2.28. The fourth-order valence-electron chi connectivity index (χ4n) is 1.89. The summed E-state index contributed by atoms with van der Waals surface area (Å²) in [5.41, 5.74) is 1.18. The molecule has 2 N–H and O–H groups in total. The normalized spacial score (nSPS) is 22.7. The first-order chi connectivity index (χ1) is 7.55. The van der Waals surface area contributed by atoms with Crippen LogP contribution in [0.25, 0.3) is 0 Å².